The molecule has 2 fully saturated rings. The minimum absolute atomic E-state index is 0.0626. The van der Waals surface area contributed by atoms with Gasteiger partial charge in [-0.15, -0.1) is 16.5 Å². The van der Waals surface area contributed by atoms with Crippen molar-refractivity contribution < 1.29 is 18.8 Å². The molecule has 2 aromatic carbocycles. The zero-order valence-electron chi connectivity index (χ0n) is 22.4. The summed E-state index contributed by atoms with van der Waals surface area (Å²) in [6.45, 7) is 0. The minimum atomic E-state index is -1.60. The highest BCUT2D eigenvalue weighted by molar-refractivity contribution is 7.89. The average molecular weight is 591 g/mol. The molecule has 0 saturated heterocycles. The number of halogens is 1. The first-order valence-corrected chi connectivity index (χ1v) is 15.7. The van der Waals surface area contributed by atoms with Crippen molar-refractivity contribution in [2.24, 2.45) is 27.7 Å². The number of thiazole rings is 1. The Balaban J connectivity index is 1.58. The van der Waals surface area contributed by atoms with Crippen LogP contribution in [0.4, 0.5) is 9.52 Å². The third kappa shape index (κ3) is 7.63. The summed E-state index contributed by atoms with van der Waals surface area (Å²) in [6, 6.07) is 11.8. The largest absolute Gasteiger partial charge is 0.593 e. The lowest BCUT2D eigenvalue weighted by Gasteiger charge is -2.16. The highest BCUT2D eigenvalue weighted by Crippen LogP contribution is 2.36. The molecule has 1 unspecified atom stereocenters. The first-order chi connectivity index (χ1) is 19.8. The molecule has 0 bridgehead atoms. The summed E-state index contributed by atoms with van der Waals surface area (Å²) < 4.78 is 26.5. The molecule has 1 atom stereocenters. The van der Waals surface area contributed by atoms with E-state index in [-0.39, 0.29) is 5.69 Å². The van der Waals surface area contributed by atoms with Crippen LogP contribution in [-0.4, -0.2) is 26.3 Å². The Morgan fingerprint density at radius 1 is 1.17 bits per heavy atom. The summed E-state index contributed by atoms with van der Waals surface area (Å²) in [5.41, 5.74) is 10.5. The molecule has 212 valence electrons. The Labute approximate surface area is 245 Å². The van der Waals surface area contributed by atoms with Crippen molar-refractivity contribution in [2.45, 2.75) is 56.3 Å². The second-order valence-corrected chi connectivity index (χ2v) is 12.4. The van der Waals surface area contributed by atoms with E-state index in [0.29, 0.717) is 57.2 Å². The van der Waals surface area contributed by atoms with Crippen molar-refractivity contribution in [1.82, 2.24) is 4.98 Å². The SMILES string of the molecule is NC(=C(Cc1ccc([S+](N)[O-])cc1)C(CC1CC1)=Nc1nc(C(=O)O)cs1)c1ccc(F)c(C#CC2CCCC2)c1. The number of aliphatic imine (C=N–C) groups is 1. The lowest BCUT2D eigenvalue weighted by Crippen LogP contribution is -2.15. The van der Waals surface area contributed by atoms with Crippen LogP contribution in [0.2, 0.25) is 0 Å². The van der Waals surface area contributed by atoms with Gasteiger partial charge in [-0.2, -0.15) is 0 Å². The molecule has 0 radical (unpaired) electrons. The van der Waals surface area contributed by atoms with E-state index in [1.165, 1.54) is 11.4 Å². The normalized spacial score (nSPS) is 17.1. The number of carboxylic acids is 1. The van der Waals surface area contributed by atoms with E-state index in [2.05, 4.69) is 16.8 Å². The second-order valence-electron chi connectivity index (χ2n) is 10.5. The number of rotatable bonds is 9. The van der Waals surface area contributed by atoms with Gasteiger partial charge in [0.05, 0.1) is 16.9 Å². The van der Waals surface area contributed by atoms with Crippen LogP contribution in [0.1, 0.15) is 72.1 Å². The van der Waals surface area contributed by atoms with Gasteiger partial charge in [0.2, 0.25) is 5.13 Å². The highest BCUT2D eigenvalue weighted by atomic mass is 32.2. The van der Waals surface area contributed by atoms with Gasteiger partial charge in [0.15, 0.2) is 10.6 Å². The number of aromatic nitrogens is 1. The predicted octanol–water partition coefficient (Wildman–Crippen LogP) is 5.99. The molecule has 3 aromatic rings. The summed E-state index contributed by atoms with van der Waals surface area (Å²) in [4.78, 5) is 20.9. The van der Waals surface area contributed by atoms with Crippen LogP contribution < -0.4 is 10.9 Å². The van der Waals surface area contributed by atoms with E-state index in [9.17, 15) is 18.8 Å². The van der Waals surface area contributed by atoms with Crippen molar-refractivity contribution in [2.75, 3.05) is 0 Å². The van der Waals surface area contributed by atoms with Crippen molar-refractivity contribution in [3.8, 4) is 11.8 Å². The van der Waals surface area contributed by atoms with Crippen molar-refractivity contribution in [1.29, 1.82) is 0 Å². The van der Waals surface area contributed by atoms with E-state index in [1.54, 1.807) is 24.3 Å². The van der Waals surface area contributed by atoms with Crippen LogP contribution in [0, 0.1) is 29.5 Å². The van der Waals surface area contributed by atoms with Gasteiger partial charge in [0.1, 0.15) is 5.82 Å². The maximum atomic E-state index is 14.8. The van der Waals surface area contributed by atoms with Crippen LogP contribution in [0.25, 0.3) is 5.70 Å². The van der Waals surface area contributed by atoms with Crippen LogP contribution in [0.15, 0.2) is 63.3 Å². The van der Waals surface area contributed by atoms with Crippen molar-refractivity contribution in [3.63, 3.8) is 0 Å². The molecule has 2 aliphatic rings. The number of hydrogen-bond donors (Lipinski definition) is 3. The monoisotopic (exact) mass is 590 g/mol. The number of benzene rings is 2. The first-order valence-electron chi connectivity index (χ1n) is 13.6. The number of carbonyl (C=O) groups is 1. The van der Waals surface area contributed by atoms with Crippen molar-refractivity contribution >= 4 is 45.2 Å². The predicted molar refractivity (Wildman–Crippen MR) is 161 cm³/mol. The fraction of sp³-hybridized carbons (Fsp3) is 0.323. The standard InChI is InChI=1S/C31H31FN4O3S2/c32-26-14-11-23(17-22(26)10-7-19-3-1-2-4-19)29(33)25(15-20-8-12-24(13-9-20)41(34)39)27(16-21-5-6-21)35-31-36-28(18-40-31)30(37)38/h8-9,11-14,17-19,21H,1-6,15-16,33-34H2,(H,37,38). The molecule has 10 heteroatoms. The van der Waals surface area contributed by atoms with E-state index in [4.69, 9.17) is 15.9 Å². The molecule has 2 aliphatic carbocycles. The summed E-state index contributed by atoms with van der Waals surface area (Å²) in [6.07, 6.45) is 7.57. The fourth-order valence-electron chi connectivity index (χ4n) is 4.87. The van der Waals surface area contributed by atoms with Crippen LogP contribution in [-0.2, 0) is 17.8 Å². The summed E-state index contributed by atoms with van der Waals surface area (Å²) in [7, 11) is 0. The number of nitrogens with zero attached hydrogens (tertiary/aromatic N) is 2. The Hall–Kier alpha value is -3.49. The lowest BCUT2D eigenvalue weighted by atomic mass is 9.92. The highest BCUT2D eigenvalue weighted by Gasteiger charge is 2.27. The number of allylic oxidation sites excluding steroid dienone is 1. The molecule has 41 heavy (non-hydrogen) atoms. The Morgan fingerprint density at radius 3 is 2.54 bits per heavy atom. The zero-order chi connectivity index (χ0) is 28.9. The van der Waals surface area contributed by atoms with Gasteiger partial charge in [0.25, 0.3) is 0 Å². The Bertz CT molecular complexity index is 1540. The topological polar surface area (TPSA) is 138 Å². The van der Waals surface area contributed by atoms with E-state index in [1.807, 2.05) is 12.1 Å². The maximum Gasteiger partial charge on any atom is 0.355 e. The number of hydrogen-bond acceptors (Lipinski definition) is 7. The van der Waals surface area contributed by atoms with Gasteiger partial charge >= 0.3 is 5.97 Å². The third-order valence-corrected chi connectivity index (χ3v) is 8.85. The van der Waals surface area contributed by atoms with Gasteiger partial charge in [-0.1, -0.05) is 36.8 Å². The van der Waals surface area contributed by atoms with Gasteiger partial charge in [-0.3, -0.25) is 0 Å². The van der Waals surface area contributed by atoms with E-state index < -0.39 is 23.1 Å². The maximum absolute atomic E-state index is 14.8. The van der Waals surface area contributed by atoms with Gasteiger partial charge in [-0.25, -0.2) is 19.2 Å². The van der Waals surface area contributed by atoms with Crippen LogP contribution in [0.5, 0.6) is 0 Å². The Morgan fingerprint density at radius 2 is 1.90 bits per heavy atom. The molecular weight excluding hydrogens is 559 g/mol. The molecule has 5 rings (SSSR count). The summed E-state index contributed by atoms with van der Waals surface area (Å²) >= 11 is -0.442. The molecule has 0 aliphatic heterocycles. The number of aromatic carboxylic acids is 1. The fourth-order valence-corrected chi connectivity index (χ4v) is 5.96. The van der Waals surface area contributed by atoms with Gasteiger partial charge in [0, 0.05) is 34.7 Å². The molecule has 1 heterocycles. The first kappa shape index (κ1) is 29.0. The summed E-state index contributed by atoms with van der Waals surface area (Å²) in [5.74, 6) is 5.50. The third-order valence-electron chi connectivity index (χ3n) is 7.37. The van der Waals surface area contributed by atoms with Gasteiger partial charge in [-0.05, 0) is 79.5 Å². The summed E-state index contributed by atoms with van der Waals surface area (Å²) in [5, 5.41) is 16.7. The molecule has 7 nitrogen and oxygen atoms in total. The average Bonchev–Trinajstić information content (AvgIpc) is 3.40. The van der Waals surface area contributed by atoms with Gasteiger partial charge < -0.3 is 15.4 Å². The minimum Gasteiger partial charge on any atom is -0.593 e. The molecule has 0 spiro atoms. The molecule has 2 saturated carbocycles. The number of nitrogens with two attached hydrogens (primary N) is 2. The molecule has 5 N–H and O–H groups in total. The molecular formula is C31H31FN4O3S2. The van der Waals surface area contributed by atoms with Crippen molar-refractivity contribution in [3.05, 3.63) is 81.6 Å². The number of carboxylic acid groups (broad SMARTS) is 1. The van der Waals surface area contributed by atoms with Crippen LogP contribution >= 0.6 is 11.3 Å². The van der Waals surface area contributed by atoms with E-state index in [0.717, 1.165) is 61.0 Å². The van der Waals surface area contributed by atoms with E-state index >= 15 is 0 Å². The lowest BCUT2D eigenvalue weighted by molar-refractivity contribution is 0.0691. The quantitative estimate of drug-likeness (QED) is 0.159. The van der Waals surface area contributed by atoms with Crippen LogP contribution in [0.3, 0.4) is 0 Å². The molecule has 1 aromatic heterocycles. The second kappa shape index (κ2) is 13.0. The zero-order valence-corrected chi connectivity index (χ0v) is 24.1. The Kier molecular flexibility index (Phi) is 9.20. The molecule has 0 amide bonds. The smallest absolute Gasteiger partial charge is 0.355 e.